The van der Waals surface area contributed by atoms with E-state index < -0.39 is 0 Å². The van der Waals surface area contributed by atoms with Gasteiger partial charge in [0.2, 0.25) is 0 Å². The fraction of sp³-hybridized carbons (Fsp3) is 0.647. The summed E-state index contributed by atoms with van der Waals surface area (Å²) in [4.78, 5) is 0. The molecule has 0 amide bonds. The highest BCUT2D eigenvalue weighted by Gasteiger charge is 2.34. The van der Waals surface area contributed by atoms with E-state index in [-0.39, 0.29) is 11.6 Å². The molecule has 0 aromatic heterocycles. The van der Waals surface area contributed by atoms with Gasteiger partial charge in [-0.3, -0.25) is 0 Å². The first-order chi connectivity index (χ1) is 9.60. The van der Waals surface area contributed by atoms with Gasteiger partial charge < -0.3 is 10.1 Å². The van der Waals surface area contributed by atoms with Crippen molar-refractivity contribution in [3.63, 3.8) is 0 Å². The van der Waals surface area contributed by atoms with Crippen LogP contribution in [0.2, 0.25) is 5.02 Å². The third-order valence-electron chi connectivity index (χ3n) is 4.64. The van der Waals surface area contributed by atoms with Crippen LogP contribution in [-0.2, 0) is 4.74 Å². The molecule has 1 N–H and O–H groups in total. The van der Waals surface area contributed by atoms with E-state index in [2.05, 4.69) is 32.2 Å². The van der Waals surface area contributed by atoms with Crippen molar-refractivity contribution >= 4 is 11.6 Å². The molecule has 1 fully saturated rings. The molecule has 1 heterocycles. The average molecular weight is 296 g/mol. The van der Waals surface area contributed by atoms with E-state index in [0.29, 0.717) is 6.04 Å². The molecule has 1 saturated heterocycles. The van der Waals surface area contributed by atoms with E-state index in [1.54, 1.807) is 0 Å². The molecule has 1 aromatic rings. The fourth-order valence-corrected chi connectivity index (χ4v) is 3.48. The van der Waals surface area contributed by atoms with E-state index in [1.165, 1.54) is 5.56 Å². The van der Waals surface area contributed by atoms with Gasteiger partial charge >= 0.3 is 0 Å². The third-order valence-corrected chi connectivity index (χ3v) is 4.98. The van der Waals surface area contributed by atoms with Crippen molar-refractivity contribution in [3.8, 4) is 0 Å². The molecule has 2 nitrogen and oxygen atoms in total. The van der Waals surface area contributed by atoms with Crippen molar-refractivity contribution in [2.75, 3.05) is 6.61 Å². The predicted molar refractivity (Wildman–Crippen MR) is 85.3 cm³/mol. The first-order valence-corrected chi connectivity index (χ1v) is 8.12. The Morgan fingerprint density at radius 3 is 2.70 bits per heavy atom. The molecule has 0 bridgehead atoms. The number of ether oxygens (including phenoxy) is 1. The number of hydrogen-bond acceptors (Lipinski definition) is 2. The summed E-state index contributed by atoms with van der Waals surface area (Å²) in [5.41, 5.74) is 1.25. The zero-order chi connectivity index (χ0) is 14.6. The summed E-state index contributed by atoms with van der Waals surface area (Å²) in [5, 5.41) is 4.58. The molecule has 2 rings (SSSR count). The Kier molecular flexibility index (Phi) is 5.48. The zero-order valence-corrected chi connectivity index (χ0v) is 13.5. The Bertz CT molecular complexity index is 431. The van der Waals surface area contributed by atoms with Crippen molar-refractivity contribution in [1.29, 1.82) is 0 Å². The Balaban J connectivity index is 2.01. The molecule has 0 saturated carbocycles. The Morgan fingerprint density at radius 2 is 2.05 bits per heavy atom. The van der Waals surface area contributed by atoms with Crippen LogP contribution in [0.5, 0.6) is 0 Å². The predicted octanol–water partition coefficient (Wildman–Crippen LogP) is 4.73. The van der Waals surface area contributed by atoms with Crippen LogP contribution in [-0.4, -0.2) is 18.2 Å². The molecule has 20 heavy (non-hydrogen) atoms. The van der Waals surface area contributed by atoms with Gasteiger partial charge in [-0.15, -0.1) is 0 Å². The summed E-state index contributed by atoms with van der Waals surface area (Å²) < 4.78 is 6.04. The summed E-state index contributed by atoms with van der Waals surface area (Å²) in [5.74, 6) is 0. The summed E-state index contributed by atoms with van der Waals surface area (Å²) in [6.45, 7) is 7.50. The minimum absolute atomic E-state index is 0.0656. The molecular weight excluding hydrogens is 270 g/mol. The molecule has 0 spiro atoms. The maximum absolute atomic E-state index is 6.28. The highest BCUT2D eigenvalue weighted by atomic mass is 35.5. The monoisotopic (exact) mass is 295 g/mol. The van der Waals surface area contributed by atoms with Gasteiger partial charge in [-0.05, 0) is 44.2 Å². The zero-order valence-electron chi connectivity index (χ0n) is 12.8. The van der Waals surface area contributed by atoms with Crippen LogP contribution in [0.25, 0.3) is 0 Å². The van der Waals surface area contributed by atoms with Crippen molar-refractivity contribution in [1.82, 2.24) is 5.32 Å². The maximum Gasteiger partial charge on any atom is 0.0692 e. The molecule has 2 unspecified atom stereocenters. The number of halogens is 1. The van der Waals surface area contributed by atoms with E-state index in [4.69, 9.17) is 16.3 Å². The number of rotatable bonds is 5. The lowest BCUT2D eigenvalue weighted by Gasteiger charge is -2.41. The molecule has 2 atom stereocenters. The van der Waals surface area contributed by atoms with Crippen LogP contribution >= 0.6 is 11.6 Å². The molecule has 0 aliphatic carbocycles. The summed E-state index contributed by atoms with van der Waals surface area (Å²) in [6, 6.07) is 8.87. The van der Waals surface area contributed by atoms with E-state index in [9.17, 15) is 0 Å². The highest BCUT2D eigenvalue weighted by Crippen LogP contribution is 2.33. The third kappa shape index (κ3) is 3.55. The Morgan fingerprint density at radius 1 is 1.35 bits per heavy atom. The Labute approximate surface area is 127 Å². The van der Waals surface area contributed by atoms with Crippen LogP contribution < -0.4 is 5.32 Å². The van der Waals surface area contributed by atoms with Crippen LogP contribution in [0.15, 0.2) is 24.3 Å². The second-order valence-electron chi connectivity index (χ2n) is 5.84. The Hall–Kier alpha value is -0.570. The lowest BCUT2D eigenvalue weighted by Crippen LogP contribution is -2.47. The lowest BCUT2D eigenvalue weighted by molar-refractivity contribution is -0.0939. The highest BCUT2D eigenvalue weighted by molar-refractivity contribution is 6.31. The minimum Gasteiger partial charge on any atom is -0.375 e. The molecule has 1 aromatic carbocycles. The summed E-state index contributed by atoms with van der Waals surface area (Å²) in [6.07, 6.45) is 4.34. The quantitative estimate of drug-likeness (QED) is 0.848. The topological polar surface area (TPSA) is 21.3 Å². The van der Waals surface area contributed by atoms with Crippen LogP contribution in [0.1, 0.15) is 58.1 Å². The van der Waals surface area contributed by atoms with Gasteiger partial charge in [0.25, 0.3) is 0 Å². The summed E-state index contributed by atoms with van der Waals surface area (Å²) >= 11 is 6.28. The minimum atomic E-state index is 0.0656. The van der Waals surface area contributed by atoms with Gasteiger partial charge in [0.05, 0.1) is 5.60 Å². The van der Waals surface area contributed by atoms with E-state index in [0.717, 1.165) is 37.3 Å². The van der Waals surface area contributed by atoms with Crippen molar-refractivity contribution in [2.24, 2.45) is 0 Å². The number of benzene rings is 1. The molecule has 112 valence electrons. The molecule has 1 aliphatic heterocycles. The second kappa shape index (κ2) is 6.93. The van der Waals surface area contributed by atoms with Gasteiger partial charge in [0.1, 0.15) is 0 Å². The lowest BCUT2D eigenvalue weighted by atomic mass is 9.85. The van der Waals surface area contributed by atoms with Gasteiger partial charge in [-0.25, -0.2) is 0 Å². The van der Waals surface area contributed by atoms with Crippen LogP contribution in [0.4, 0.5) is 0 Å². The van der Waals surface area contributed by atoms with Gasteiger partial charge in [0, 0.05) is 23.7 Å². The number of hydrogen-bond donors (Lipinski definition) is 1. The van der Waals surface area contributed by atoms with Crippen molar-refractivity contribution < 1.29 is 4.74 Å². The first-order valence-electron chi connectivity index (χ1n) is 7.74. The molecule has 1 aliphatic rings. The van der Waals surface area contributed by atoms with Crippen molar-refractivity contribution in [3.05, 3.63) is 34.9 Å². The van der Waals surface area contributed by atoms with E-state index in [1.807, 2.05) is 18.2 Å². The fourth-order valence-electron chi connectivity index (χ4n) is 3.18. The van der Waals surface area contributed by atoms with Crippen molar-refractivity contribution in [2.45, 2.75) is 64.1 Å². The van der Waals surface area contributed by atoms with Gasteiger partial charge in [-0.1, -0.05) is 43.6 Å². The summed E-state index contributed by atoms with van der Waals surface area (Å²) in [7, 11) is 0. The maximum atomic E-state index is 6.28. The first kappa shape index (κ1) is 15.8. The normalized spacial score (nSPS) is 23.5. The molecule has 3 heteroatoms. The van der Waals surface area contributed by atoms with Gasteiger partial charge in [0.15, 0.2) is 0 Å². The van der Waals surface area contributed by atoms with E-state index >= 15 is 0 Å². The standard InChI is InChI=1S/C17H26ClNO/c1-4-17(5-2)12-14(10-11-20-17)19-13(3)15-8-6-7-9-16(15)18/h6-9,13-14,19H,4-5,10-12H2,1-3H3. The smallest absolute Gasteiger partial charge is 0.0692 e. The largest absolute Gasteiger partial charge is 0.375 e. The van der Waals surface area contributed by atoms with Gasteiger partial charge in [-0.2, -0.15) is 0 Å². The SMILES string of the molecule is CCC1(CC)CC(NC(C)c2ccccc2Cl)CCO1. The number of nitrogens with one attached hydrogen (secondary N) is 1. The van der Waals surface area contributed by atoms with Crippen LogP contribution in [0, 0.1) is 0 Å². The molecule has 0 radical (unpaired) electrons. The second-order valence-corrected chi connectivity index (χ2v) is 6.25. The molecular formula is C17H26ClNO. The average Bonchev–Trinajstić information content (AvgIpc) is 2.47. The van der Waals surface area contributed by atoms with Crippen LogP contribution in [0.3, 0.4) is 0 Å².